The van der Waals surface area contributed by atoms with Gasteiger partial charge in [-0.1, -0.05) is 135 Å². The van der Waals surface area contributed by atoms with Crippen molar-refractivity contribution in [3.8, 4) is 11.4 Å². The number of fused-ring (bicyclic) bond motifs is 6. The lowest BCUT2D eigenvalue weighted by Gasteiger charge is -2.18. The monoisotopic (exact) mass is 1040 g/mol. The largest absolute Gasteiger partial charge is 0.309 e. The Balaban J connectivity index is 0.852. The second-order valence-electron chi connectivity index (χ2n) is 21.2. The maximum atomic E-state index is 14.5. The van der Waals surface area contributed by atoms with Gasteiger partial charge in [0, 0.05) is 89.3 Å². The average molecular weight is 1040 g/mol. The molecule has 0 aliphatic carbocycles. The first-order valence-electron chi connectivity index (χ1n) is 27.1. The molecule has 2 atom stereocenters. The summed E-state index contributed by atoms with van der Waals surface area (Å²) in [4.78, 5) is 70.5. The molecule has 0 bridgehead atoms. The zero-order valence-electron chi connectivity index (χ0n) is 45.4. The third-order valence-corrected chi connectivity index (χ3v) is 16.3. The molecule has 0 N–H and O–H groups in total. The summed E-state index contributed by atoms with van der Waals surface area (Å²) in [6.45, 7) is 11.7. The van der Waals surface area contributed by atoms with E-state index >= 15 is 0 Å². The molecule has 0 radical (unpaired) electrons. The maximum absolute atomic E-state index is 14.5. The Hall–Kier alpha value is -9.85. The number of Topliss-reactive ketones (excluding diaryl/α,β-unsaturated/α-hetero) is 1. The Morgan fingerprint density at radius 3 is 0.775 bits per heavy atom. The van der Waals surface area contributed by atoms with Crippen molar-refractivity contribution in [1.82, 2.24) is 9.13 Å². The third kappa shape index (κ3) is 8.87. The predicted molar refractivity (Wildman–Crippen MR) is 322 cm³/mol. The molecule has 12 rings (SSSR count). The number of aryl methyl sites for hydroxylation is 4. The van der Waals surface area contributed by atoms with E-state index in [1.165, 1.54) is 0 Å². The van der Waals surface area contributed by atoms with Gasteiger partial charge in [-0.25, -0.2) is 0 Å². The summed E-state index contributed by atoms with van der Waals surface area (Å²) in [5.74, 6) is -1.05. The van der Waals surface area contributed by atoms with E-state index in [4.69, 9.17) is 0 Å². The van der Waals surface area contributed by atoms with Crippen LogP contribution in [-0.4, -0.2) is 38.1 Å². The molecule has 0 saturated heterocycles. The molecule has 0 amide bonds. The minimum absolute atomic E-state index is 0.0690. The van der Waals surface area contributed by atoms with Gasteiger partial charge in [0.15, 0.2) is 23.1 Å². The summed E-state index contributed by atoms with van der Waals surface area (Å²) in [7, 11) is 0. The molecule has 0 spiro atoms. The first kappa shape index (κ1) is 50.9. The fourth-order valence-corrected chi connectivity index (χ4v) is 11.6. The van der Waals surface area contributed by atoms with Gasteiger partial charge in [-0.3, -0.25) is 24.0 Å². The fraction of sp³-hybridized carbons (Fsp3) is 0.110. The number of ketones is 5. The van der Waals surface area contributed by atoms with Crippen molar-refractivity contribution in [3.63, 3.8) is 0 Å². The zero-order chi connectivity index (χ0) is 55.5. The lowest BCUT2D eigenvalue weighted by molar-refractivity contribution is -0.121. The third-order valence-electron chi connectivity index (χ3n) is 16.3. The highest BCUT2D eigenvalue weighted by Crippen LogP contribution is 2.38. The Morgan fingerprint density at radius 1 is 0.300 bits per heavy atom. The van der Waals surface area contributed by atoms with Gasteiger partial charge in [0.2, 0.25) is 0 Å². The van der Waals surface area contributed by atoms with E-state index in [-0.39, 0.29) is 28.9 Å². The van der Waals surface area contributed by atoms with Crippen LogP contribution in [0.2, 0.25) is 0 Å². The van der Waals surface area contributed by atoms with Crippen LogP contribution in [0.5, 0.6) is 0 Å². The van der Waals surface area contributed by atoms with E-state index in [2.05, 4.69) is 9.13 Å². The van der Waals surface area contributed by atoms with Crippen LogP contribution in [0.25, 0.3) is 55.0 Å². The van der Waals surface area contributed by atoms with E-state index < -0.39 is 11.8 Å². The Labute approximate surface area is 464 Å². The number of hydrogen-bond donors (Lipinski definition) is 0. The van der Waals surface area contributed by atoms with Crippen LogP contribution < -0.4 is 0 Å². The van der Waals surface area contributed by atoms with Gasteiger partial charge in [0.1, 0.15) is 5.78 Å². The van der Waals surface area contributed by atoms with Gasteiger partial charge in [0.05, 0.1) is 22.1 Å². The number of carbonyl (C=O) groups excluding carboxylic acids is 5. The van der Waals surface area contributed by atoms with Gasteiger partial charge in [-0.15, -0.1) is 0 Å². The van der Waals surface area contributed by atoms with Gasteiger partial charge in [-0.2, -0.15) is 0 Å². The van der Waals surface area contributed by atoms with E-state index in [0.717, 1.165) is 88.4 Å². The zero-order valence-corrected chi connectivity index (χ0v) is 45.4. The van der Waals surface area contributed by atoms with Crippen molar-refractivity contribution in [3.05, 3.63) is 296 Å². The smallest absolute Gasteiger partial charge is 0.193 e. The molecule has 80 heavy (non-hydrogen) atoms. The van der Waals surface area contributed by atoms with E-state index in [1.807, 2.05) is 260 Å². The highest BCUT2D eigenvalue weighted by molar-refractivity contribution is 6.20. The SMILES string of the molecule is Cc1ccccc1C(=O)c1ccc2c(c1)c1cc(C(=O)c3ccccc3C)ccc1n2-c1ccc(C(C)C(=O)C(C)c2ccc(-n3c4ccc(C(=O)c5ccccc5C)cc4c4cc(C(=O)c5ccccc5C)ccc43)cc2)cc1. The minimum atomic E-state index is -0.424. The molecule has 0 aliphatic rings. The number of benzene rings is 10. The van der Waals surface area contributed by atoms with Gasteiger partial charge < -0.3 is 9.13 Å². The molecule has 0 fully saturated rings. The van der Waals surface area contributed by atoms with Crippen LogP contribution >= 0.6 is 0 Å². The summed E-state index contributed by atoms with van der Waals surface area (Å²) in [5, 5.41) is 3.40. The summed E-state index contributed by atoms with van der Waals surface area (Å²) in [6.07, 6.45) is 0. The Bertz CT molecular complexity index is 4020. The molecule has 10 aromatic carbocycles. The van der Waals surface area contributed by atoms with Crippen molar-refractivity contribution in [2.45, 2.75) is 53.4 Å². The second-order valence-corrected chi connectivity index (χ2v) is 21.2. The lowest BCUT2D eigenvalue weighted by Crippen LogP contribution is -2.16. The Morgan fingerprint density at radius 2 is 0.537 bits per heavy atom. The number of hydrogen-bond acceptors (Lipinski definition) is 5. The summed E-state index contributed by atoms with van der Waals surface area (Å²) in [5.41, 5.74) is 15.4. The second kappa shape index (κ2) is 20.5. The predicted octanol–water partition coefficient (Wildman–Crippen LogP) is 16.5. The molecular weight excluding hydrogens is 985 g/mol. The molecule has 0 saturated carbocycles. The molecule has 7 nitrogen and oxygen atoms in total. The Kier molecular flexibility index (Phi) is 13.1. The normalized spacial score (nSPS) is 12.3. The van der Waals surface area contributed by atoms with Gasteiger partial charge in [0.25, 0.3) is 0 Å². The molecule has 2 heterocycles. The molecular formula is C73H56N2O5. The summed E-state index contributed by atoms with van der Waals surface area (Å²) >= 11 is 0. The van der Waals surface area contributed by atoms with Crippen molar-refractivity contribution in [2.24, 2.45) is 0 Å². The van der Waals surface area contributed by atoms with Crippen LogP contribution in [0.15, 0.2) is 218 Å². The van der Waals surface area contributed by atoms with Crippen LogP contribution in [-0.2, 0) is 4.79 Å². The van der Waals surface area contributed by atoms with Crippen LogP contribution in [0.3, 0.4) is 0 Å². The number of carbonyl (C=O) groups is 5. The van der Waals surface area contributed by atoms with Crippen molar-refractivity contribution < 1.29 is 24.0 Å². The minimum Gasteiger partial charge on any atom is -0.309 e. The van der Waals surface area contributed by atoms with E-state index in [0.29, 0.717) is 44.5 Å². The highest BCUT2D eigenvalue weighted by atomic mass is 16.1. The van der Waals surface area contributed by atoms with Crippen LogP contribution in [0, 0.1) is 27.7 Å². The lowest BCUT2D eigenvalue weighted by atomic mass is 9.86. The van der Waals surface area contributed by atoms with Crippen LogP contribution in [0.4, 0.5) is 0 Å². The molecule has 7 heteroatoms. The van der Waals surface area contributed by atoms with Crippen LogP contribution in [0.1, 0.15) is 123 Å². The molecule has 2 unspecified atom stereocenters. The summed E-state index contributed by atoms with van der Waals surface area (Å²) in [6, 6.07) is 69.7. The van der Waals surface area contributed by atoms with Gasteiger partial charge in [-0.05, 0) is 158 Å². The van der Waals surface area contributed by atoms with Crippen molar-refractivity contribution in [1.29, 1.82) is 0 Å². The van der Waals surface area contributed by atoms with E-state index in [9.17, 15) is 24.0 Å². The van der Waals surface area contributed by atoms with Gasteiger partial charge >= 0.3 is 0 Å². The van der Waals surface area contributed by atoms with Crippen molar-refractivity contribution >= 4 is 72.5 Å². The number of nitrogens with zero attached hydrogens (tertiary/aromatic N) is 2. The fourth-order valence-electron chi connectivity index (χ4n) is 11.6. The molecule has 2 aromatic heterocycles. The first-order valence-corrected chi connectivity index (χ1v) is 27.1. The molecule has 0 aliphatic heterocycles. The topological polar surface area (TPSA) is 95.2 Å². The quantitative estimate of drug-likeness (QED) is 0.101. The van der Waals surface area contributed by atoms with Crippen molar-refractivity contribution in [2.75, 3.05) is 0 Å². The highest BCUT2D eigenvalue weighted by Gasteiger charge is 2.26. The number of aromatic nitrogens is 2. The number of rotatable bonds is 14. The average Bonchev–Trinajstić information content (AvgIpc) is 4.19. The molecule has 388 valence electrons. The maximum Gasteiger partial charge on any atom is 0.193 e. The molecule has 12 aromatic rings. The van der Waals surface area contributed by atoms with E-state index in [1.54, 1.807) is 0 Å². The summed E-state index contributed by atoms with van der Waals surface area (Å²) < 4.78 is 4.31. The standard InChI is InChI=1S/C73H56N2O5/c1-43-15-7-11-19-57(43)70(77)51-27-35-65-61(39-51)62-40-52(71(78)58-20-12-8-16-44(58)2)28-36-66(62)74(65)55-31-23-49(24-32-55)47(5)69(76)48(6)50-25-33-56(34-26-50)75-67-37-29-53(72(79)59-21-13-9-17-45(59)3)41-63(67)64-42-54(30-38-68(64)75)73(80)60-22-14-10-18-46(60)4/h7-42,47-48H,1-6H3. The first-order chi connectivity index (χ1) is 38.7.